The van der Waals surface area contributed by atoms with Crippen LogP contribution in [-0.4, -0.2) is 65.1 Å². The maximum atomic E-state index is 12.5. The zero-order valence-corrected chi connectivity index (χ0v) is 18.1. The number of nitrogens with one attached hydrogen (secondary N) is 2. The van der Waals surface area contributed by atoms with E-state index in [-0.39, 0.29) is 30.7 Å². The number of likely N-dealkylation sites (tertiary alicyclic amines) is 1. The van der Waals surface area contributed by atoms with E-state index >= 15 is 0 Å². The lowest BCUT2D eigenvalue weighted by Gasteiger charge is -2.29. The van der Waals surface area contributed by atoms with Crippen LogP contribution in [0.3, 0.4) is 0 Å². The van der Waals surface area contributed by atoms with Crippen molar-refractivity contribution in [3.8, 4) is 0 Å². The van der Waals surface area contributed by atoms with Crippen molar-refractivity contribution >= 4 is 30.7 Å². The van der Waals surface area contributed by atoms with Gasteiger partial charge < -0.3 is 15.5 Å². The molecule has 1 amide bonds. The average molecular weight is 421 g/mol. The van der Waals surface area contributed by atoms with Crippen molar-refractivity contribution in [1.29, 1.82) is 0 Å². The van der Waals surface area contributed by atoms with Gasteiger partial charge in [-0.25, -0.2) is 4.68 Å². The number of amides is 1. The van der Waals surface area contributed by atoms with Crippen molar-refractivity contribution in [1.82, 2.24) is 30.5 Å². The van der Waals surface area contributed by atoms with E-state index in [1.54, 1.807) is 0 Å². The van der Waals surface area contributed by atoms with Crippen molar-refractivity contribution in [2.75, 3.05) is 39.3 Å². The number of piperidine rings is 2. The van der Waals surface area contributed by atoms with Gasteiger partial charge in [0, 0.05) is 13.1 Å². The van der Waals surface area contributed by atoms with Gasteiger partial charge in [-0.1, -0.05) is 18.6 Å². The number of hydrogen-bond acceptors (Lipinski definition) is 5. The number of hydrogen-bond donors (Lipinski definition) is 2. The maximum absolute atomic E-state index is 12.5. The number of nitrogens with zero attached hydrogens (tertiary/aromatic N) is 4. The van der Waals surface area contributed by atoms with Crippen LogP contribution in [0.1, 0.15) is 61.3 Å². The summed E-state index contributed by atoms with van der Waals surface area (Å²) in [5.74, 6) is 0.352. The van der Waals surface area contributed by atoms with Gasteiger partial charge in [0.25, 0.3) is 5.91 Å². The molecule has 2 fully saturated rings. The van der Waals surface area contributed by atoms with Crippen LogP contribution < -0.4 is 10.6 Å². The number of carbonyl (C=O) groups excluding carboxylic acids is 1. The highest BCUT2D eigenvalue weighted by molar-refractivity contribution is 5.93. The molecule has 27 heavy (non-hydrogen) atoms. The largest absolute Gasteiger partial charge is 0.350 e. The minimum atomic E-state index is -0.0943. The van der Waals surface area contributed by atoms with Gasteiger partial charge in [0.1, 0.15) is 0 Å². The number of halogens is 2. The molecular weight excluding hydrogens is 387 g/mol. The highest BCUT2D eigenvalue weighted by Crippen LogP contribution is 2.20. The van der Waals surface area contributed by atoms with Crippen LogP contribution in [0.4, 0.5) is 0 Å². The lowest BCUT2D eigenvalue weighted by Crippen LogP contribution is -2.38. The Morgan fingerprint density at radius 2 is 1.89 bits per heavy atom. The molecule has 2 aliphatic rings. The third-order valence-corrected chi connectivity index (χ3v) is 5.43. The monoisotopic (exact) mass is 420 g/mol. The van der Waals surface area contributed by atoms with Gasteiger partial charge in [-0.15, -0.1) is 29.9 Å². The van der Waals surface area contributed by atoms with Gasteiger partial charge in [-0.05, 0) is 64.7 Å². The predicted molar refractivity (Wildman–Crippen MR) is 112 cm³/mol. The summed E-state index contributed by atoms with van der Waals surface area (Å²) in [6.45, 7) is 10.3. The minimum Gasteiger partial charge on any atom is -0.350 e. The van der Waals surface area contributed by atoms with E-state index in [0.717, 1.165) is 38.2 Å². The van der Waals surface area contributed by atoms with Crippen LogP contribution in [0.2, 0.25) is 0 Å². The molecule has 0 aromatic carbocycles. The fourth-order valence-corrected chi connectivity index (χ4v) is 3.95. The van der Waals surface area contributed by atoms with E-state index in [1.807, 2.05) is 11.6 Å². The van der Waals surface area contributed by atoms with E-state index < -0.39 is 0 Å². The molecule has 9 heteroatoms. The van der Waals surface area contributed by atoms with Crippen LogP contribution in [0.15, 0.2) is 0 Å². The SMILES string of the molecule is Cc1c(C(=O)NCC(C)CN2CCCCC2)nnn1C1CCNCC1.Cl.Cl. The molecule has 3 heterocycles. The molecule has 0 bridgehead atoms. The Bertz CT molecular complexity index is 570. The van der Waals surface area contributed by atoms with Crippen LogP contribution >= 0.6 is 24.8 Å². The van der Waals surface area contributed by atoms with Gasteiger partial charge in [0.15, 0.2) is 5.69 Å². The van der Waals surface area contributed by atoms with Gasteiger partial charge in [0.05, 0.1) is 11.7 Å². The number of aromatic nitrogens is 3. The highest BCUT2D eigenvalue weighted by Gasteiger charge is 2.23. The van der Waals surface area contributed by atoms with E-state index in [0.29, 0.717) is 24.2 Å². The van der Waals surface area contributed by atoms with E-state index in [1.165, 1.54) is 32.4 Å². The summed E-state index contributed by atoms with van der Waals surface area (Å²) in [6.07, 6.45) is 6.04. The van der Waals surface area contributed by atoms with E-state index in [2.05, 4.69) is 32.8 Å². The summed E-state index contributed by atoms with van der Waals surface area (Å²) in [6, 6.07) is 0.355. The Hall–Kier alpha value is -0.890. The first-order valence-corrected chi connectivity index (χ1v) is 9.78. The summed E-state index contributed by atoms with van der Waals surface area (Å²) in [5.41, 5.74) is 1.36. The first-order chi connectivity index (χ1) is 12.1. The number of carbonyl (C=O) groups is 1. The van der Waals surface area contributed by atoms with Crippen molar-refractivity contribution in [3.63, 3.8) is 0 Å². The Morgan fingerprint density at radius 1 is 1.22 bits per heavy atom. The smallest absolute Gasteiger partial charge is 0.273 e. The third kappa shape index (κ3) is 6.59. The van der Waals surface area contributed by atoms with Crippen molar-refractivity contribution in [2.45, 2.75) is 52.0 Å². The van der Waals surface area contributed by atoms with Crippen molar-refractivity contribution in [2.24, 2.45) is 5.92 Å². The molecular formula is C18H34Cl2N6O. The molecule has 0 radical (unpaired) electrons. The molecule has 156 valence electrons. The van der Waals surface area contributed by atoms with Gasteiger partial charge >= 0.3 is 0 Å². The maximum Gasteiger partial charge on any atom is 0.273 e. The summed E-state index contributed by atoms with van der Waals surface area (Å²) in [7, 11) is 0. The van der Waals surface area contributed by atoms with Crippen LogP contribution in [0.5, 0.6) is 0 Å². The summed E-state index contributed by atoms with van der Waals surface area (Å²) < 4.78 is 1.94. The Morgan fingerprint density at radius 3 is 2.56 bits per heavy atom. The third-order valence-electron chi connectivity index (χ3n) is 5.43. The van der Waals surface area contributed by atoms with E-state index in [9.17, 15) is 4.79 Å². The molecule has 0 spiro atoms. The topological polar surface area (TPSA) is 75.1 Å². The second-order valence-corrected chi connectivity index (χ2v) is 7.63. The van der Waals surface area contributed by atoms with Crippen molar-refractivity contribution in [3.05, 3.63) is 11.4 Å². The summed E-state index contributed by atoms with van der Waals surface area (Å²) in [4.78, 5) is 15.0. The lowest BCUT2D eigenvalue weighted by molar-refractivity contribution is 0.0937. The first kappa shape index (κ1) is 24.1. The molecule has 0 saturated carbocycles. The molecule has 2 N–H and O–H groups in total. The summed E-state index contributed by atoms with van der Waals surface area (Å²) in [5, 5.41) is 14.8. The fourth-order valence-electron chi connectivity index (χ4n) is 3.95. The molecule has 1 aromatic heterocycles. The Labute approximate surface area is 174 Å². The number of rotatable bonds is 6. The predicted octanol–water partition coefficient (Wildman–Crippen LogP) is 2.21. The first-order valence-electron chi connectivity index (χ1n) is 9.78. The molecule has 1 atom stereocenters. The molecule has 1 aromatic rings. The van der Waals surface area contributed by atoms with Crippen LogP contribution in [0, 0.1) is 12.8 Å². The Kier molecular flexibility index (Phi) is 10.6. The molecule has 3 rings (SSSR count). The van der Waals surface area contributed by atoms with Gasteiger partial charge in [0.2, 0.25) is 0 Å². The van der Waals surface area contributed by atoms with Gasteiger partial charge in [-0.2, -0.15) is 0 Å². The normalized spacial score (nSPS) is 19.6. The zero-order valence-electron chi connectivity index (χ0n) is 16.4. The molecule has 2 saturated heterocycles. The van der Waals surface area contributed by atoms with Gasteiger partial charge in [-0.3, -0.25) is 4.79 Å². The summed E-state index contributed by atoms with van der Waals surface area (Å²) >= 11 is 0. The molecule has 1 unspecified atom stereocenters. The standard InChI is InChI=1S/C18H32N6O.2ClH/c1-14(13-23-10-4-3-5-11-23)12-20-18(25)17-15(2)24(22-21-17)16-6-8-19-9-7-16;;/h14,16,19H,3-13H2,1-2H3,(H,20,25);2*1H. The zero-order chi connectivity index (χ0) is 17.6. The van der Waals surface area contributed by atoms with Crippen LogP contribution in [-0.2, 0) is 0 Å². The minimum absolute atomic E-state index is 0. The highest BCUT2D eigenvalue weighted by atomic mass is 35.5. The lowest BCUT2D eigenvalue weighted by atomic mass is 10.1. The van der Waals surface area contributed by atoms with Crippen molar-refractivity contribution < 1.29 is 4.79 Å². The molecule has 0 aliphatic carbocycles. The second kappa shape index (κ2) is 11.8. The van der Waals surface area contributed by atoms with E-state index in [4.69, 9.17) is 0 Å². The molecule has 7 nitrogen and oxygen atoms in total. The van der Waals surface area contributed by atoms with Crippen LogP contribution in [0.25, 0.3) is 0 Å². The average Bonchev–Trinajstić information content (AvgIpc) is 3.03. The fraction of sp³-hybridized carbons (Fsp3) is 0.833. The Balaban J connectivity index is 0.00000182. The molecule has 2 aliphatic heterocycles. The quantitative estimate of drug-likeness (QED) is 0.737. The second-order valence-electron chi connectivity index (χ2n) is 7.63.